The molecule has 9 heteroatoms. The molecule has 1 unspecified atom stereocenters. The van der Waals surface area contributed by atoms with Crippen LogP contribution in [0.2, 0.25) is 0 Å². The summed E-state index contributed by atoms with van der Waals surface area (Å²) in [6.45, 7) is 6.59. The van der Waals surface area contributed by atoms with E-state index in [0.29, 0.717) is 25.3 Å². The summed E-state index contributed by atoms with van der Waals surface area (Å²) in [6.07, 6.45) is 3.88. The summed E-state index contributed by atoms with van der Waals surface area (Å²) in [7, 11) is 0. The minimum absolute atomic E-state index is 0.0671. The first kappa shape index (κ1) is 20.9. The molecule has 156 valence electrons. The molecule has 1 aliphatic heterocycles. The zero-order valence-electron chi connectivity index (χ0n) is 16.8. The molecule has 2 aromatic heterocycles. The van der Waals surface area contributed by atoms with Crippen molar-refractivity contribution in [2.75, 3.05) is 18.4 Å². The second kappa shape index (κ2) is 8.67. The van der Waals surface area contributed by atoms with Crippen molar-refractivity contribution in [1.29, 1.82) is 0 Å². The van der Waals surface area contributed by atoms with Gasteiger partial charge in [-0.1, -0.05) is 0 Å². The molecule has 1 aliphatic rings. The van der Waals surface area contributed by atoms with Gasteiger partial charge in [0.05, 0.1) is 18.1 Å². The average molecular weight is 405 g/mol. The summed E-state index contributed by atoms with van der Waals surface area (Å²) in [5, 5.41) is 2.84. The lowest BCUT2D eigenvalue weighted by molar-refractivity contribution is 0.0165. The number of ether oxygens (including phenoxy) is 1. The van der Waals surface area contributed by atoms with E-state index in [4.69, 9.17) is 4.74 Å². The number of piperidine rings is 1. The van der Waals surface area contributed by atoms with Gasteiger partial charge in [0.2, 0.25) is 5.95 Å². The van der Waals surface area contributed by atoms with E-state index in [0.717, 1.165) is 25.2 Å². The lowest BCUT2D eigenvalue weighted by Crippen LogP contribution is -2.43. The number of anilines is 2. The van der Waals surface area contributed by atoms with E-state index in [1.165, 1.54) is 12.1 Å². The van der Waals surface area contributed by atoms with Crippen LogP contribution in [-0.4, -0.2) is 44.6 Å². The summed E-state index contributed by atoms with van der Waals surface area (Å²) in [5.41, 5.74) is -0.293. The molecule has 0 aliphatic carbocycles. The number of pyridine rings is 1. The second-order valence-electron chi connectivity index (χ2n) is 8.11. The molecule has 2 aromatic rings. The molecular weight excluding hydrogens is 380 g/mol. The Labute approximate surface area is 168 Å². The summed E-state index contributed by atoms with van der Waals surface area (Å²) in [6, 6.07) is 2.70. The maximum atomic E-state index is 14.3. The van der Waals surface area contributed by atoms with E-state index in [1.807, 2.05) is 20.8 Å². The van der Waals surface area contributed by atoms with Crippen LogP contribution >= 0.6 is 0 Å². The van der Waals surface area contributed by atoms with Crippen LogP contribution in [0, 0.1) is 17.6 Å². The summed E-state index contributed by atoms with van der Waals surface area (Å²) >= 11 is 0. The molecule has 1 saturated heterocycles. The van der Waals surface area contributed by atoms with Crippen LogP contribution in [0.1, 0.15) is 39.3 Å². The quantitative estimate of drug-likeness (QED) is 0.826. The van der Waals surface area contributed by atoms with Gasteiger partial charge in [0, 0.05) is 13.1 Å². The Balaban J connectivity index is 1.66. The van der Waals surface area contributed by atoms with Crippen LogP contribution in [0.15, 0.2) is 24.5 Å². The highest BCUT2D eigenvalue weighted by atomic mass is 19.1. The van der Waals surface area contributed by atoms with Crippen molar-refractivity contribution < 1.29 is 18.3 Å². The first-order valence-corrected chi connectivity index (χ1v) is 9.57. The van der Waals surface area contributed by atoms with Crippen LogP contribution in [-0.2, 0) is 11.2 Å². The van der Waals surface area contributed by atoms with Crippen molar-refractivity contribution in [3.8, 4) is 0 Å². The van der Waals surface area contributed by atoms with E-state index in [1.54, 1.807) is 4.90 Å². The topological polar surface area (TPSA) is 80.2 Å². The maximum Gasteiger partial charge on any atom is 0.410 e. The molecule has 0 aromatic carbocycles. The minimum Gasteiger partial charge on any atom is -0.444 e. The number of nitrogens with zero attached hydrogens (tertiary/aromatic N) is 4. The standard InChI is InChI=1S/C20H25F2N5O2/c1-20(2,3)29-19(28)27-8-4-5-13(12-27)9-16-15(22)11-24-18(25-16)26-17-7-6-14(21)10-23-17/h6-7,10-11,13H,4-5,8-9,12H2,1-3H3,(H,23,24,25,26). The molecular formula is C20H25F2N5O2. The van der Waals surface area contributed by atoms with Crippen molar-refractivity contribution in [2.45, 2.75) is 45.6 Å². The van der Waals surface area contributed by atoms with Crippen molar-refractivity contribution in [3.63, 3.8) is 0 Å². The number of halogens is 2. The molecule has 1 fully saturated rings. The highest BCUT2D eigenvalue weighted by Crippen LogP contribution is 2.23. The van der Waals surface area contributed by atoms with Crippen molar-refractivity contribution in [2.24, 2.45) is 5.92 Å². The lowest BCUT2D eigenvalue weighted by Gasteiger charge is -2.34. The molecule has 0 spiro atoms. The molecule has 3 heterocycles. The zero-order chi connectivity index (χ0) is 21.0. The van der Waals surface area contributed by atoms with Gasteiger partial charge in [-0.05, 0) is 58.1 Å². The van der Waals surface area contributed by atoms with Gasteiger partial charge in [0.15, 0.2) is 5.82 Å². The molecule has 29 heavy (non-hydrogen) atoms. The van der Waals surface area contributed by atoms with Gasteiger partial charge in [0.1, 0.15) is 17.2 Å². The Kier molecular flexibility index (Phi) is 6.24. The molecule has 1 atom stereocenters. The fourth-order valence-corrected chi connectivity index (χ4v) is 3.17. The first-order chi connectivity index (χ1) is 13.7. The Morgan fingerprint density at radius 2 is 2.07 bits per heavy atom. The van der Waals surface area contributed by atoms with Crippen LogP contribution in [0.5, 0.6) is 0 Å². The van der Waals surface area contributed by atoms with E-state index in [-0.39, 0.29) is 23.7 Å². The third kappa shape index (κ3) is 6.07. The number of rotatable bonds is 4. The highest BCUT2D eigenvalue weighted by Gasteiger charge is 2.28. The first-order valence-electron chi connectivity index (χ1n) is 9.57. The molecule has 0 bridgehead atoms. The summed E-state index contributed by atoms with van der Waals surface area (Å²) < 4.78 is 32.7. The van der Waals surface area contributed by atoms with Crippen molar-refractivity contribution in [1.82, 2.24) is 19.9 Å². The van der Waals surface area contributed by atoms with Gasteiger partial charge < -0.3 is 15.0 Å². The number of amides is 1. The maximum absolute atomic E-state index is 14.3. The SMILES string of the molecule is CC(C)(C)OC(=O)N1CCCC(Cc2nc(Nc3ccc(F)cn3)ncc2F)C1. The van der Waals surface area contributed by atoms with E-state index in [9.17, 15) is 13.6 Å². The number of carbonyl (C=O) groups excluding carboxylic acids is 1. The molecule has 0 saturated carbocycles. The number of hydrogen-bond acceptors (Lipinski definition) is 6. The van der Waals surface area contributed by atoms with Crippen molar-refractivity contribution in [3.05, 3.63) is 41.9 Å². The molecule has 1 N–H and O–H groups in total. The third-order valence-corrected chi connectivity index (χ3v) is 4.44. The van der Waals surface area contributed by atoms with Gasteiger partial charge in [-0.2, -0.15) is 0 Å². The fraction of sp³-hybridized carbons (Fsp3) is 0.500. The minimum atomic E-state index is -0.558. The van der Waals surface area contributed by atoms with Gasteiger partial charge >= 0.3 is 6.09 Å². The Morgan fingerprint density at radius 1 is 1.28 bits per heavy atom. The second-order valence-corrected chi connectivity index (χ2v) is 8.11. The van der Waals surface area contributed by atoms with Gasteiger partial charge in [0.25, 0.3) is 0 Å². The van der Waals surface area contributed by atoms with Gasteiger partial charge in [-0.15, -0.1) is 0 Å². The van der Waals surface area contributed by atoms with Gasteiger partial charge in [-0.25, -0.2) is 28.5 Å². The van der Waals surface area contributed by atoms with E-state index < -0.39 is 17.2 Å². The van der Waals surface area contributed by atoms with Crippen molar-refractivity contribution >= 4 is 17.9 Å². The molecule has 3 rings (SSSR count). The summed E-state index contributed by atoms with van der Waals surface area (Å²) in [4.78, 5) is 26.0. The van der Waals surface area contributed by atoms with E-state index in [2.05, 4.69) is 20.3 Å². The fourth-order valence-electron chi connectivity index (χ4n) is 3.17. The third-order valence-electron chi connectivity index (χ3n) is 4.44. The Bertz CT molecular complexity index is 855. The number of hydrogen-bond donors (Lipinski definition) is 1. The largest absolute Gasteiger partial charge is 0.444 e. The number of nitrogens with one attached hydrogen (secondary N) is 1. The predicted octanol–water partition coefficient (Wildman–Crippen LogP) is 4.08. The number of carbonyl (C=O) groups is 1. The Morgan fingerprint density at radius 3 is 2.76 bits per heavy atom. The normalized spacial score (nSPS) is 17.1. The molecule has 7 nitrogen and oxygen atoms in total. The predicted molar refractivity (Wildman–Crippen MR) is 104 cm³/mol. The number of aromatic nitrogens is 3. The van der Waals surface area contributed by atoms with Crippen LogP contribution in [0.4, 0.5) is 25.3 Å². The smallest absolute Gasteiger partial charge is 0.410 e. The van der Waals surface area contributed by atoms with Crippen LogP contribution in [0.25, 0.3) is 0 Å². The van der Waals surface area contributed by atoms with Gasteiger partial charge in [-0.3, -0.25) is 0 Å². The highest BCUT2D eigenvalue weighted by molar-refractivity contribution is 5.68. The molecule has 0 radical (unpaired) electrons. The summed E-state index contributed by atoms with van der Waals surface area (Å²) in [5.74, 6) is -0.351. The number of likely N-dealkylation sites (tertiary alicyclic amines) is 1. The Hall–Kier alpha value is -2.84. The van der Waals surface area contributed by atoms with E-state index >= 15 is 0 Å². The molecule has 1 amide bonds. The lowest BCUT2D eigenvalue weighted by atomic mass is 9.93. The zero-order valence-corrected chi connectivity index (χ0v) is 16.8. The monoisotopic (exact) mass is 405 g/mol. The van der Waals surface area contributed by atoms with Crippen LogP contribution in [0.3, 0.4) is 0 Å². The average Bonchev–Trinajstić information content (AvgIpc) is 2.65. The van der Waals surface area contributed by atoms with Crippen LogP contribution < -0.4 is 5.32 Å².